The van der Waals surface area contributed by atoms with E-state index in [2.05, 4.69) is 40.8 Å². The Morgan fingerprint density at radius 1 is 1.19 bits per heavy atom. The summed E-state index contributed by atoms with van der Waals surface area (Å²) in [6.07, 6.45) is 4.36. The summed E-state index contributed by atoms with van der Waals surface area (Å²) in [5.41, 5.74) is 1.09. The molecular formula is C24H44O6Si. The zero-order chi connectivity index (χ0) is 23.4. The van der Waals surface area contributed by atoms with Gasteiger partial charge in [-0.2, -0.15) is 0 Å². The molecule has 2 rings (SSSR count). The maximum atomic E-state index is 12.6. The third-order valence-corrected chi connectivity index (χ3v) is 11.2. The molecule has 0 amide bonds. The lowest BCUT2D eigenvalue weighted by atomic mass is 9.94. The van der Waals surface area contributed by atoms with Crippen molar-refractivity contribution in [3.05, 3.63) is 11.1 Å². The lowest BCUT2D eigenvalue weighted by molar-refractivity contribution is -0.147. The van der Waals surface area contributed by atoms with Crippen LogP contribution >= 0.6 is 0 Å². The van der Waals surface area contributed by atoms with E-state index in [1.807, 2.05) is 13.8 Å². The number of carbonyl (C=O) groups is 1. The predicted octanol–water partition coefficient (Wildman–Crippen LogP) is 5.10. The normalized spacial score (nSPS) is 23.9. The Morgan fingerprint density at radius 2 is 1.84 bits per heavy atom. The smallest absolute Gasteiger partial charge is 0.337 e. The molecule has 0 aromatic carbocycles. The number of carbonyl (C=O) groups excluding carboxylic acids is 1. The molecule has 2 heterocycles. The van der Waals surface area contributed by atoms with Crippen molar-refractivity contribution in [2.75, 3.05) is 13.2 Å². The SMILES string of the molecule is CCCCCCCC(O)C1=C([C@@H](O[Si](C)(C)C(C)(C)C)[C@H]2COC(C)(C)O2)COC1=O. The molecule has 2 aliphatic rings. The highest BCUT2D eigenvalue weighted by Crippen LogP contribution is 2.41. The van der Waals surface area contributed by atoms with Crippen molar-refractivity contribution in [2.24, 2.45) is 0 Å². The molecule has 0 bridgehead atoms. The van der Waals surface area contributed by atoms with Crippen LogP contribution in [-0.2, 0) is 23.4 Å². The number of esters is 1. The molecule has 0 radical (unpaired) electrons. The van der Waals surface area contributed by atoms with Gasteiger partial charge in [-0.15, -0.1) is 0 Å². The maximum Gasteiger partial charge on any atom is 0.337 e. The summed E-state index contributed by atoms with van der Waals surface area (Å²) in [6, 6.07) is 0. The van der Waals surface area contributed by atoms with Gasteiger partial charge in [0.2, 0.25) is 0 Å². The molecule has 0 aliphatic carbocycles. The molecule has 1 saturated heterocycles. The van der Waals surface area contributed by atoms with Crippen LogP contribution in [0.3, 0.4) is 0 Å². The lowest BCUT2D eigenvalue weighted by Gasteiger charge is -2.41. The number of hydrogen-bond acceptors (Lipinski definition) is 6. The zero-order valence-electron chi connectivity index (χ0n) is 20.9. The van der Waals surface area contributed by atoms with E-state index in [0.29, 0.717) is 18.6 Å². The molecule has 1 fully saturated rings. The van der Waals surface area contributed by atoms with E-state index in [-0.39, 0.29) is 17.7 Å². The maximum absolute atomic E-state index is 12.6. The van der Waals surface area contributed by atoms with E-state index in [9.17, 15) is 9.90 Å². The van der Waals surface area contributed by atoms with Gasteiger partial charge < -0.3 is 23.7 Å². The van der Waals surface area contributed by atoms with Crippen LogP contribution in [0.1, 0.15) is 80.1 Å². The monoisotopic (exact) mass is 456 g/mol. The van der Waals surface area contributed by atoms with Crippen molar-refractivity contribution in [3.63, 3.8) is 0 Å². The highest BCUT2D eigenvalue weighted by Gasteiger charge is 2.48. The average molecular weight is 457 g/mol. The number of cyclic esters (lactones) is 1. The minimum Gasteiger partial charge on any atom is -0.458 e. The Balaban J connectivity index is 2.29. The van der Waals surface area contributed by atoms with E-state index in [1.165, 1.54) is 12.8 Å². The fourth-order valence-corrected chi connectivity index (χ4v) is 5.11. The minimum absolute atomic E-state index is 0.0116. The van der Waals surface area contributed by atoms with E-state index < -0.39 is 32.3 Å². The van der Waals surface area contributed by atoms with Crippen molar-refractivity contribution in [1.29, 1.82) is 0 Å². The van der Waals surface area contributed by atoms with Gasteiger partial charge in [-0.3, -0.25) is 0 Å². The fraction of sp³-hybridized carbons (Fsp3) is 0.875. The fourth-order valence-electron chi connectivity index (χ4n) is 3.83. The third-order valence-electron chi connectivity index (χ3n) is 6.78. The highest BCUT2D eigenvalue weighted by atomic mass is 28.4. The van der Waals surface area contributed by atoms with Gasteiger partial charge in [-0.1, -0.05) is 59.8 Å². The van der Waals surface area contributed by atoms with Crippen molar-refractivity contribution in [2.45, 2.75) is 122 Å². The molecule has 1 N–H and O–H groups in total. The highest BCUT2D eigenvalue weighted by molar-refractivity contribution is 6.74. The summed E-state index contributed by atoms with van der Waals surface area (Å²) in [5.74, 6) is -1.14. The van der Waals surface area contributed by atoms with Crippen LogP contribution in [-0.4, -0.2) is 56.7 Å². The van der Waals surface area contributed by atoms with Gasteiger partial charge in [-0.05, 0) is 38.4 Å². The Morgan fingerprint density at radius 3 is 2.39 bits per heavy atom. The van der Waals surface area contributed by atoms with Gasteiger partial charge in [-0.25, -0.2) is 4.79 Å². The first-order valence-corrected chi connectivity index (χ1v) is 14.8. The average Bonchev–Trinajstić information content (AvgIpc) is 3.20. The molecule has 6 nitrogen and oxygen atoms in total. The molecule has 7 heteroatoms. The Bertz CT molecular complexity index is 649. The van der Waals surface area contributed by atoms with E-state index >= 15 is 0 Å². The number of aliphatic hydroxyl groups excluding tert-OH is 1. The molecular weight excluding hydrogens is 412 g/mol. The van der Waals surface area contributed by atoms with Gasteiger partial charge in [0.05, 0.1) is 24.4 Å². The lowest BCUT2D eigenvalue weighted by Crippen LogP contribution is -2.49. The summed E-state index contributed by atoms with van der Waals surface area (Å²) >= 11 is 0. The molecule has 180 valence electrons. The summed E-state index contributed by atoms with van der Waals surface area (Å²) in [7, 11) is -2.19. The van der Waals surface area contributed by atoms with E-state index in [1.54, 1.807) is 0 Å². The Kier molecular flexibility index (Phi) is 8.95. The number of unbranched alkanes of at least 4 members (excludes halogenated alkanes) is 4. The molecule has 31 heavy (non-hydrogen) atoms. The Hall–Kier alpha value is -0.733. The van der Waals surface area contributed by atoms with Crippen LogP contribution in [0, 0.1) is 0 Å². The molecule has 1 unspecified atom stereocenters. The van der Waals surface area contributed by atoms with Gasteiger partial charge in [0.15, 0.2) is 14.1 Å². The molecule has 0 aromatic rings. The zero-order valence-corrected chi connectivity index (χ0v) is 21.9. The van der Waals surface area contributed by atoms with Crippen molar-refractivity contribution < 1.29 is 28.5 Å². The minimum atomic E-state index is -2.19. The van der Waals surface area contributed by atoms with E-state index in [0.717, 1.165) is 24.8 Å². The first kappa shape index (κ1) is 26.5. The molecule has 2 aliphatic heterocycles. The summed E-state index contributed by atoms with van der Waals surface area (Å²) in [5, 5.41) is 10.9. The van der Waals surface area contributed by atoms with Crippen molar-refractivity contribution in [1.82, 2.24) is 0 Å². The topological polar surface area (TPSA) is 74.2 Å². The molecule has 3 atom stereocenters. The quantitative estimate of drug-likeness (QED) is 0.265. The van der Waals surface area contributed by atoms with Crippen LogP contribution in [0.5, 0.6) is 0 Å². The molecule has 0 aromatic heterocycles. The first-order chi connectivity index (χ1) is 14.3. The van der Waals surface area contributed by atoms with Crippen LogP contribution in [0.15, 0.2) is 11.1 Å². The second-order valence-corrected chi connectivity index (χ2v) is 15.7. The second kappa shape index (κ2) is 10.5. The number of ether oxygens (including phenoxy) is 3. The largest absolute Gasteiger partial charge is 0.458 e. The number of hydrogen-bond donors (Lipinski definition) is 1. The molecule has 0 saturated carbocycles. The standard InChI is InChI=1S/C24H44O6Si/c1-9-10-11-12-13-14-18(25)20-17(15-27-22(20)26)21(19-16-28-24(5,6)29-19)30-31(7,8)23(2,3)4/h18-19,21,25H,9-16H2,1-8H3/t18?,19-,21-/m1/s1. The summed E-state index contributed by atoms with van der Waals surface area (Å²) in [6.45, 7) is 17.4. The van der Waals surface area contributed by atoms with Gasteiger partial charge in [0.25, 0.3) is 0 Å². The van der Waals surface area contributed by atoms with Crippen molar-refractivity contribution >= 4 is 14.3 Å². The first-order valence-electron chi connectivity index (χ1n) is 11.9. The van der Waals surface area contributed by atoms with Crippen LogP contribution in [0.4, 0.5) is 0 Å². The summed E-state index contributed by atoms with van der Waals surface area (Å²) < 4.78 is 24.2. The second-order valence-electron chi connectivity index (χ2n) is 10.9. The number of rotatable bonds is 11. The van der Waals surface area contributed by atoms with E-state index in [4.69, 9.17) is 18.6 Å². The predicted molar refractivity (Wildman–Crippen MR) is 124 cm³/mol. The van der Waals surface area contributed by atoms with Gasteiger partial charge in [0.1, 0.15) is 12.7 Å². The van der Waals surface area contributed by atoms with Crippen LogP contribution in [0.2, 0.25) is 18.1 Å². The van der Waals surface area contributed by atoms with Crippen molar-refractivity contribution in [3.8, 4) is 0 Å². The van der Waals surface area contributed by atoms with Crippen LogP contribution < -0.4 is 0 Å². The third kappa shape index (κ3) is 6.87. The Labute approximate surface area is 189 Å². The number of aliphatic hydroxyl groups is 1. The molecule has 0 spiro atoms. The summed E-state index contributed by atoms with van der Waals surface area (Å²) in [4.78, 5) is 12.6. The van der Waals surface area contributed by atoms with Crippen LogP contribution in [0.25, 0.3) is 0 Å². The van der Waals surface area contributed by atoms with Gasteiger partial charge >= 0.3 is 5.97 Å². The van der Waals surface area contributed by atoms with Gasteiger partial charge in [0, 0.05) is 5.57 Å².